The van der Waals surface area contributed by atoms with Gasteiger partial charge in [-0.05, 0) is 30.4 Å². The van der Waals surface area contributed by atoms with Gasteiger partial charge in [-0.2, -0.15) is 0 Å². The van der Waals surface area contributed by atoms with Crippen LogP contribution < -0.4 is 10.6 Å². The van der Waals surface area contributed by atoms with Crippen LogP contribution in [-0.4, -0.2) is 68.5 Å². The van der Waals surface area contributed by atoms with Gasteiger partial charge in [0.15, 0.2) is 0 Å². The van der Waals surface area contributed by atoms with Gasteiger partial charge in [-0.15, -0.1) is 13.2 Å². The molecular formula is C33H44N2O7. The Morgan fingerprint density at radius 3 is 2.12 bits per heavy atom. The molecule has 0 radical (unpaired) electrons. The maximum absolute atomic E-state index is 13.2. The van der Waals surface area contributed by atoms with Gasteiger partial charge in [0.1, 0.15) is 6.61 Å². The highest BCUT2D eigenvalue weighted by Crippen LogP contribution is 2.16. The molecule has 0 aliphatic rings. The second kappa shape index (κ2) is 21.0. The molecule has 0 fully saturated rings. The lowest BCUT2D eigenvalue weighted by Gasteiger charge is -2.23. The number of allylic oxidation sites excluding steroid dienone is 2. The monoisotopic (exact) mass is 580 g/mol. The van der Waals surface area contributed by atoms with Gasteiger partial charge in [0.05, 0.1) is 50.9 Å². The number of ether oxygens (including phenoxy) is 3. The molecule has 2 aromatic rings. The fourth-order valence-corrected chi connectivity index (χ4v) is 4.22. The molecule has 3 atom stereocenters. The number of esters is 1. The Morgan fingerprint density at radius 2 is 1.48 bits per heavy atom. The van der Waals surface area contributed by atoms with E-state index in [0.717, 1.165) is 11.1 Å². The molecule has 9 heteroatoms. The number of nitrogens with one attached hydrogen (secondary N) is 2. The third kappa shape index (κ3) is 14.2. The summed E-state index contributed by atoms with van der Waals surface area (Å²) in [6.07, 6.45) is 4.49. The van der Waals surface area contributed by atoms with Crippen LogP contribution >= 0.6 is 0 Å². The zero-order valence-corrected chi connectivity index (χ0v) is 24.2. The normalized spacial score (nSPS) is 12.9. The van der Waals surface area contributed by atoms with Crippen molar-refractivity contribution in [2.75, 3.05) is 39.6 Å². The van der Waals surface area contributed by atoms with Gasteiger partial charge in [0.25, 0.3) is 0 Å². The van der Waals surface area contributed by atoms with Crippen LogP contribution in [-0.2, 0) is 41.6 Å². The van der Waals surface area contributed by atoms with Gasteiger partial charge in [-0.1, -0.05) is 72.8 Å². The van der Waals surface area contributed by atoms with Crippen LogP contribution in [0, 0.1) is 11.8 Å². The van der Waals surface area contributed by atoms with E-state index in [-0.39, 0.29) is 70.2 Å². The highest BCUT2D eigenvalue weighted by molar-refractivity contribution is 5.86. The smallest absolute Gasteiger partial charge is 0.309 e. The minimum absolute atomic E-state index is 0.0479. The minimum atomic E-state index is -0.667. The summed E-state index contributed by atoms with van der Waals surface area (Å²) >= 11 is 0. The fraction of sp³-hybridized carbons (Fsp3) is 0.424. The average molecular weight is 581 g/mol. The molecule has 2 amide bonds. The molecule has 0 saturated heterocycles. The molecule has 0 heterocycles. The first-order chi connectivity index (χ1) is 20.5. The van der Waals surface area contributed by atoms with Crippen LogP contribution in [0.4, 0.5) is 0 Å². The van der Waals surface area contributed by atoms with Gasteiger partial charge in [0.2, 0.25) is 11.8 Å². The summed E-state index contributed by atoms with van der Waals surface area (Å²) in [5.74, 6) is -2.13. The van der Waals surface area contributed by atoms with Crippen LogP contribution in [0.25, 0.3) is 0 Å². The third-order valence-electron chi connectivity index (χ3n) is 6.37. The lowest BCUT2D eigenvalue weighted by Crippen LogP contribution is -2.46. The first-order valence-electron chi connectivity index (χ1n) is 14.3. The summed E-state index contributed by atoms with van der Waals surface area (Å²) in [6, 6.07) is 18.7. The van der Waals surface area contributed by atoms with Gasteiger partial charge in [-0.3, -0.25) is 14.4 Å². The maximum Gasteiger partial charge on any atom is 0.309 e. The van der Waals surface area contributed by atoms with E-state index in [1.165, 1.54) is 0 Å². The van der Waals surface area contributed by atoms with E-state index >= 15 is 0 Å². The first kappa shape index (κ1) is 34.4. The van der Waals surface area contributed by atoms with E-state index in [0.29, 0.717) is 19.4 Å². The Labute approximate surface area is 248 Å². The number of carbonyl (C=O) groups is 3. The molecule has 0 saturated carbocycles. The Morgan fingerprint density at radius 1 is 0.833 bits per heavy atom. The lowest BCUT2D eigenvalue weighted by molar-refractivity contribution is -0.150. The van der Waals surface area contributed by atoms with Gasteiger partial charge in [-0.25, -0.2) is 0 Å². The topological polar surface area (TPSA) is 123 Å². The molecule has 2 rings (SSSR count). The zero-order chi connectivity index (χ0) is 30.4. The van der Waals surface area contributed by atoms with Crippen molar-refractivity contribution in [3.8, 4) is 0 Å². The Balaban J connectivity index is 2.01. The molecule has 2 aromatic carbocycles. The minimum Gasteiger partial charge on any atom is -0.463 e. The summed E-state index contributed by atoms with van der Waals surface area (Å²) in [4.78, 5) is 38.8. The summed E-state index contributed by atoms with van der Waals surface area (Å²) in [7, 11) is 0. The lowest BCUT2D eigenvalue weighted by atomic mass is 9.96. The number of rotatable bonds is 22. The van der Waals surface area contributed by atoms with Crippen molar-refractivity contribution in [2.24, 2.45) is 11.8 Å². The molecule has 9 nitrogen and oxygen atoms in total. The number of amides is 2. The van der Waals surface area contributed by atoms with Crippen molar-refractivity contribution >= 4 is 17.8 Å². The van der Waals surface area contributed by atoms with Crippen LogP contribution in [0.5, 0.6) is 0 Å². The largest absolute Gasteiger partial charge is 0.463 e. The van der Waals surface area contributed by atoms with Gasteiger partial charge < -0.3 is 30.0 Å². The van der Waals surface area contributed by atoms with Crippen molar-refractivity contribution in [3.63, 3.8) is 0 Å². The highest BCUT2D eigenvalue weighted by atomic mass is 16.5. The molecule has 0 unspecified atom stereocenters. The zero-order valence-electron chi connectivity index (χ0n) is 24.2. The molecule has 0 aliphatic heterocycles. The first-order valence-corrected chi connectivity index (χ1v) is 14.3. The molecule has 0 aromatic heterocycles. The van der Waals surface area contributed by atoms with E-state index in [2.05, 4.69) is 23.8 Å². The van der Waals surface area contributed by atoms with Gasteiger partial charge >= 0.3 is 5.97 Å². The summed E-state index contributed by atoms with van der Waals surface area (Å²) in [5.41, 5.74) is 1.99. The molecule has 0 spiro atoms. The van der Waals surface area contributed by atoms with E-state index in [9.17, 15) is 14.4 Å². The van der Waals surface area contributed by atoms with Crippen molar-refractivity contribution in [3.05, 3.63) is 97.1 Å². The molecule has 228 valence electrons. The summed E-state index contributed by atoms with van der Waals surface area (Å²) in [5, 5.41) is 14.4. The maximum atomic E-state index is 13.2. The molecule has 42 heavy (non-hydrogen) atoms. The average Bonchev–Trinajstić information content (AvgIpc) is 3.00. The second-order valence-corrected chi connectivity index (χ2v) is 9.86. The van der Waals surface area contributed by atoms with Crippen LogP contribution in [0.1, 0.15) is 30.4 Å². The Bertz CT molecular complexity index is 1080. The summed E-state index contributed by atoms with van der Waals surface area (Å²) in [6.45, 7) is 8.46. The number of benzene rings is 2. The third-order valence-corrected chi connectivity index (χ3v) is 6.37. The van der Waals surface area contributed by atoms with Crippen LogP contribution in [0.3, 0.4) is 0 Å². The SMILES string of the molecule is C=CC[C@H](CC(=O)NCCOCCO)C(=O)N[C@@H](COCc1ccccc1)COC(=O)[C@H](CC=C)Cc1ccccc1. The van der Waals surface area contributed by atoms with Crippen molar-refractivity contribution < 1.29 is 33.7 Å². The Kier molecular flexibility index (Phi) is 17.2. The standard InChI is InChI=1S/C33H44N2O7/c1-3-11-28(22-31(37)34-17-19-40-20-18-36)32(38)35-30(24-41-23-27-15-9-6-10-16-27)25-42-33(39)29(12-4-2)21-26-13-7-5-8-14-26/h3-10,13-16,28-30,36H,1-2,11-12,17-25H2,(H,34,37)(H,35,38)/t28-,29-,30+/m1/s1. The molecular weight excluding hydrogens is 536 g/mol. The predicted octanol–water partition coefficient (Wildman–Crippen LogP) is 3.37. The number of hydrogen-bond donors (Lipinski definition) is 3. The number of aliphatic hydroxyl groups excluding tert-OH is 1. The van der Waals surface area contributed by atoms with Crippen LogP contribution in [0.2, 0.25) is 0 Å². The predicted molar refractivity (Wildman–Crippen MR) is 161 cm³/mol. The number of carbonyl (C=O) groups excluding carboxylic acids is 3. The van der Waals surface area contributed by atoms with E-state index in [1.54, 1.807) is 12.2 Å². The number of hydrogen-bond acceptors (Lipinski definition) is 7. The summed E-state index contributed by atoms with van der Waals surface area (Å²) < 4.78 is 16.7. The molecule has 0 aliphatic carbocycles. The van der Waals surface area contributed by atoms with E-state index in [4.69, 9.17) is 19.3 Å². The highest BCUT2D eigenvalue weighted by Gasteiger charge is 2.26. The van der Waals surface area contributed by atoms with E-state index < -0.39 is 17.9 Å². The second-order valence-electron chi connectivity index (χ2n) is 9.86. The fourth-order valence-electron chi connectivity index (χ4n) is 4.22. The Hall–Kier alpha value is -3.79. The van der Waals surface area contributed by atoms with Gasteiger partial charge in [0, 0.05) is 13.0 Å². The number of aliphatic hydroxyl groups is 1. The van der Waals surface area contributed by atoms with E-state index in [1.807, 2.05) is 60.7 Å². The quantitative estimate of drug-likeness (QED) is 0.111. The molecule has 0 bridgehead atoms. The van der Waals surface area contributed by atoms with Crippen LogP contribution in [0.15, 0.2) is 86.0 Å². The van der Waals surface area contributed by atoms with Crippen molar-refractivity contribution in [2.45, 2.75) is 38.3 Å². The molecule has 3 N–H and O–H groups in total. The van der Waals surface area contributed by atoms with Crippen molar-refractivity contribution in [1.29, 1.82) is 0 Å². The van der Waals surface area contributed by atoms with Crippen molar-refractivity contribution in [1.82, 2.24) is 10.6 Å².